The Bertz CT molecular complexity index is 659. The lowest BCUT2D eigenvalue weighted by atomic mass is 10.3. The average molecular weight is 342 g/mol. The fourth-order valence-corrected chi connectivity index (χ4v) is 1.89. The number of benzene rings is 1. The summed E-state index contributed by atoms with van der Waals surface area (Å²) in [6, 6.07) is 7.53. The van der Waals surface area contributed by atoms with Gasteiger partial charge in [-0.2, -0.15) is 0 Å². The van der Waals surface area contributed by atoms with Gasteiger partial charge in [0.05, 0.1) is 16.3 Å². The number of amides is 3. The second-order valence-corrected chi connectivity index (χ2v) is 5.06. The fourth-order valence-electron chi connectivity index (χ4n) is 1.60. The number of rotatable bonds is 5. The Morgan fingerprint density at radius 3 is 2.50 bits per heavy atom. The molecule has 2 aromatic rings. The van der Waals surface area contributed by atoms with Gasteiger partial charge in [0, 0.05) is 18.8 Å². The van der Waals surface area contributed by atoms with Gasteiger partial charge in [-0.15, -0.1) is 0 Å². The van der Waals surface area contributed by atoms with Crippen molar-refractivity contribution >= 4 is 40.8 Å². The molecule has 3 amide bonds. The minimum absolute atomic E-state index is 0.222. The fraction of sp³-hybridized carbons (Fsp3) is 0.143. The Morgan fingerprint density at radius 2 is 1.82 bits per heavy atom. The number of anilines is 1. The van der Waals surface area contributed by atoms with Crippen LogP contribution in [0, 0.1) is 0 Å². The zero-order valence-corrected chi connectivity index (χ0v) is 12.9. The number of carbonyl (C=O) groups is 2. The predicted octanol–water partition coefficient (Wildman–Crippen LogP) is 3.14. The van der Waals surface area contributed by atoms with Gasteiger partial charge in [0.15, 0.2) is 5.76 Å². The number of carbonyl (C=O) groups excluding carboxylic acids is 2. The Kier molecular flexibility index (Phi) is 5.68. The van der Waals surface area contributed by atoms with Crippen LogP contribution < -0.4 is 16.0 Å². The quantitative estimate of drug-likeness (QED) is 0.730. The monoisotopic (exact) mass is 341 g/mol. The molecule has 0 aliphatic carbocycles. The lowest BCUT2D eigenvalue weighted by molar-refractivity contribution is 0.0926. The summed E-state index contributed by atoms with van der Waals surface area (Å²) in [6.07, 6.45) is 1.41. The van der Waals surface area contributed by atoms with E-state index >= 15 is 0 Å². The second-order valence-electron chi connectivity index (χ2n) is 4.24. The van der Waals surface area contributed by atoms with E-state index in [-0.39, 0.29) is 24.8 Å². The first-order valence-corrected chi connectivity index (χ1v) is 7.13. The molecule has 0 radical (unpaired) electrons. The van der Waals surface area contributed by atoms with Crippen LogP contribution in [-0.2, 0) is 0 Å². The van der Waals surface area contributed by atoms with Gasteiger partial charge in [0.25, 0.3) is 5.91 Å². The molecule has 0 fully saturated rings. The van der Waals surface area contributed by atoms with Crippen LogP contribution in [0.5, 0.6) is 0 Å². The second kappa shape index (κ2) is 7.72. The van der Waals surface area contributed by atoms with E-state index in [1.54, 1.807) is 30.3 Å². The van der Waals surface area contributed by atoms with Crippen molar-refractivity contribution in [3.63, 3.8) is 0 Å². The van der Waals surface area contributed by atoms with E-state index in [4.69, 9.17) is 27.6 Å². The smallest absolute Gasteiger partial charge is 0.319 e. The summed E-state index contributed by atoms with van der Waals surface area (Å²) >= 11 is 11.6. The van der Waals surface area contributed by atoms with Gasteiger partial charge in [0.2, 0.25) is 0 Å². The highest BCUT2D eigenvalue weighted by Crippen LogP contribution is 2.24. The predicted molar refractivity (Wildman–Crippen MR) is 84.5 cm³/mol. The van der Waals surface area contributed by atoms with E-state index in [0.29, 0.717) is 15.7 Å². The van der Waals surface area contributed by atoms with Crippen molar-refractivity contribution in [1.82, 2.24) is 10.6 Å². The first-order chi connectivity index (χ1) is 10.6. The average Bonchev–Trinajstić information content (AvgIpc) is 3.01. The van der Waals surface area contributed by atoms with Crippen LogP contribution >= 0.6 is 23.2 Å². The topological polar surface area (TPSA) is 83.4 Å². The molecule has 2 rings (SSSR count). The van der Waals surface area contributed by atoms with Crippen LogP contribution in [0.3, 0.4) is 0 Å². The van der Waals surface area contributed by atoms with Gasteiger partial charge in [-0.05, 0) is 30.3 Å². The number of furan rings is 1. The van der Waals surface area contributed by atoms with Crippen molar-refractivity contribution in [3.05, 3.63) is 52.4 Å². The summed E-state index contributed by atoms with van der Waals surface area (Å²) in [5.41, 5.74) is 0.520. The summed E-state index contributed by atoms with van der Waals surface area (Å²) < 4.78 is 4.94. The third-order valence-electron chi connectivity index (χ3n) is 2.62. The van der Waals surface area contributed by atoms with E-state index in [9.17, 15) is 9.59 Å². The van der Waals surface area contributed by atoms with Crippen LogP contribution in [-0.4, -0.2) is 25.0 Å². The first kappa shape index (κ1) is 16.2. The molecule has 0 bridgehead atoms. The Hall–Kier alpha value is -2.18. The molecule has 0 unspecified atom stereocenters. The molecule has 8 heteroatoms. The van der Waals surface area contributed by atoms with Crippen molar-refractivity contribution in [2.75, 3.05) is 18.4 Å². The van der Waals surface area contributed by atoms with Crippen LogP contribution in [0.25, 0.3) is 0 Å². The summed E-state index contributed by atoms with van der Waals surface area (Å²) in [5, 5.41) is 8.57. The normalized spacial score (nSPS) is 10.1. The minimum Gasteiger partial charge on any atom is -0.459 e. The van der Waals surface area contributed by atoms with Crippen LogP contribution in [0.15, 0.2) is 41.0 Å². The maximum atomic E-state index is 11.7. The zero-order chi connectivity index (χ0) is 15.9. The number of halogens is 2. The molecule has 3 N–H and O–H groups in total. The summed E-state index contributed by atoms with van der Waals surface area (Å²) in [5.74, 6) is -0.114. The largest absolute Gasteiger partial charge is 0.459 e. The molecule has 22 heavy (non-hydrogen) atoms. The number of urea groups is 1. The van der Waals surface area contributed by atoms with Crippen molar-refractivity contribution in [3.8, 4) is 0 Å². The third-order valence-corrected chi connectivity index (χ3v) is 3.36. The van der Waals surface area contributed by atoms with E-state index in [0.717, 1.165) is 0 Å². The van der Waals surface area contributed by atoms with Gasteiger partial charge in [-0.3, -0.25) is 4.79 Å². The zero-order valence-electron chi connectivity index (χ0n) is 11.4. The molecular weight excluding hydrogens is 329 g/mol. The van der Waals surface area contributed by atoms with Gasteiger partial charge in [0.1, 0.15) is 0 Å². The molecule has 116 valence electrons. The van der Waals surface area contributed by atoms with Gasteiger partial charge >= 0.3 is 6.03 Å². The third kappa shape index (κ3) is 4.68. The highest BCUT2D eigenvalue weighted by molar-refractivity contribution is 6.42. The molecule has 0 aliphatic heterocycles. The molecular formula is C14H13Cl2N3O3. The van der Waals surface area contributed by atoms with Crippen molar-refractivity contribution in [1.29, 1.82) is 0 Å². The Labute approximate surface area is 136 Å². The minimum atomic E-state index is -0.411. The lowest BCUT2D eigenvalue weighted by Gasteiger charge is -2.08. The van der Waals surface area contributed by atoms with Crippen LogP contribution in [0.2, 0.25) is 10.0 Å². The molecule has 0 saturated heterocycles. The molecule has 1 aromatic heterocycles. The lowest BCUT2D eigenvalue weighted by Crippen LogP contribution is -2.36. The van der Waals surface area contributed by atoms with Crippen LogP contribution in [0.1, 0.15) is 10.6 Å². The molecule has 0 aliphatic rings. The van der Waals surface area contributed by atoms with E-state index in [1.807, 2.05) is 0 Å². The Morgan fingerprint density at radius 1 is 1.05 bits per heavy atom. The van der Waals surface area contributed by atoms with E-state index in [2.05, 4.69) is 16.0 Å². The molecule has 0 atom stereocenters. The number of hydrogen-bond donors (Lipinski definition) is 3. The van der Waals surface area contributed by atoms with Crippen molar-refractivity contribution in [2.24, 2.45) is 0 Å². The molecule has 0 spiro atoms. The van der Waals surface area contributed by atoms with E-state index in [1.165, 1.54) is 6.26 Å². The van der Waals surface area contributed by atoms with Crippen molar-refractivity contribution < 1.29 is 14.0 Å². The summed E-state index contributed by atoms with van der Waals surface area (Å²) in [7, 11) is 0. The molecule has 0 saturated carbocycles. The van der Waals surface area contributed by atoms with E-state index < -0.39 is 6.03 Å². The van der Waals surface area contributed by atoms with Gasteiger partial charge in [-0.1, -0.05) is 23.2 Å². The summed E-state index contributed by atoms with van der Waals surface area (Å²) in [4.78, 5) is 23.2. The first-order valence-electron chi connectivity index (χ1n) is 6.38. The SMILES string of the molecule is O=C(NCCNC(=O)c1ccco1)Nc1ccc(Cl)c(Cl)c1. The maximum Gasteiger partial charge on any atom is 0.319 e. The van der Waals surface area contributed by atoms with Crippen LogP contribution in [0.4, 0.5) is 10.5 Å². The number of nitrogens with one attached hydrogen (secondary N) is 3. The maximum absolute atomic E-state index is 11.7. The van der Waals surface area contributed by atoms with Gasteiger partial charge in [-0.25, -0.2) is 4.79 Å². The molecule has 1 heterocycles. The van der Waals surface area contributed by atoms with Gasteiger partial charge < -0.3 is 20.4 Å². The summed E-state index contributed by atoms with van der Waals surface area (Å²) in [6.45, 7) is 0.536. The highest BCUT2D eigenvalue weighted by atomic mass is 35.5. The number of hydrogen-bond acceptors (Lipinski definition) is 3. The highest BCUT2D eigenvalue weighted by Gasteiger charge is 2.07. The molecule has 6 nitrogen and oxygen atoms in total. The standard InChI is InChI=1S/C14H13Cl2N3O3/c15-10-4-3-9(8-11(10)16)19-14(21)18-6-5-17-13(20)12-2-1-7-22-12/h1-4,7-8H,5-6H2,(H,17,20)(H2,18,19,21). The molecule has 1 aromatic carbocycles. The Balaban J connectivity index is 1.69. The van der Waals surface area contributed by atoms with Crippen molar-refractivity contribution in [2.45, 2.75) is 0 Å².